The van der Waals surface area contributed by atoms with Gasteiger partial charge >= 0.3 is 5.97 Å². The van der Waals surface area contributed by atoms with E-state index in [4.69, 9.17) is 14.2 Å². The number of aliphatic hydroxyl groups is 1. The Hall–Kier alpha value is -2.01. The van der Waals surface area contributed by atoms with Gasteiger partial charge in [0.1, 0.15) is 18.1 Å². The van der Waals surface area contributed by atoms with E-state index in [0.717, 1.165) is 12.0 Å². The maximum atomic E-state index is 12.9. The molecule has 5 heteroatoms. The van der Waals surface area contributed by atoms with Gasteiger partial charge in [-0.25, -0.2) is 0 Å². The summed E-state index contributed by atoms with van der Waals surface area (Å²) >= 11 is 0. The van der Waals surface area contributed by atoms with Gasteiger partial charge in [-0.15, -0.1) is 0 Å². The van der Waals surface area contributed by atoms with Crippen LogP contribution in [-0.4, -0.2) is 28.6 Å². The van der Waals surface area contributed by atoms with Crippen LogP contribution < -0.4 is 0 Å². The molecule has 140 valence electrons. The van der Waals surface area contributed by atoms with Crippen LogP contribution >= 0.6 is 0 Å². The first-order valence-corrected chi connectivity index (χ1v) is 9.53. The molecular formula is C21H26O5. The predicted octanol–water partition coefficient (Wildman–Crippen LogP) is 3.63. The van der Waals surface area contributed by atoms with Crippen molar-refractivity contribution < 1.29 is 24.1 Å². The molecule has 1 saturated heterocycles. The van der Waals surface area contributed by atoms with Gasteiger partial charge in [-0.1, -0.05) is 37.3 Å². The molecule has 2 fully saturated rings. The average molecular weight is 358 g/mol. The quantitative estimate of drug-likeness (QED) is 0.836. The second-order valence-corrected chi connectivity index (χ2v) is 7.75. The van der Waals surface area contributed by atoms with Crippen molar-refractivity contribution in [3.05, 3.63) is 48.4 Å². The van der Waals surface area contributed by atoms with Crippen molar-refractivity contribution in [3.63, 3.8) is 0 Å². The number of aliphatic hydroxyl groups excluding tert-OH is 1. The molecule has 0 aromatic heterocycles. The standard InChI is InChI=1S/C21H26O5/c1-2-16(15-6-4-3-5-7-15)18-17(22)14-20(26-19(18)23)8-10-21(11-9-20)24-12-13-25-21/h3-7,12-13,16-18,22H,2,8-11,14H2,1H3. The van der Waals surface area contributed by atoms with Crippen LogP contribution in [0, 0.1) is 5.92 Å². The zero-order valence-corrected chi connectivity index (χ0v) is 15.1. The van der Waals surface area contributed by atoms with Gasteiger partial charge in [0, 0.05) is 19.3 Å². The van der Waals surface area contributed by atoms with E-state index >= 15 is 0 Å². The Balaban J connectivity index is 1.49. The zero-order chi connectivity index (χ0) is 18.2. The highest BCUT2D eigenvalue weighted by Crippen LogP contribution is 2.48. The van der Waals surface area contributed by atoms with Crippen molar-refractivity contribution in [1.29, 1.82) is 0 Å². The van der Waals surface area contributed by atoms with Crippen LogP contribution in [0.2, 0.25) is 0 Å². The van der Waals surface area contributed by atoms with E-state index in [2.05, 4.69) is 0 Å². The van der Waals surface area contributed by atoms with Crippen molar-refractivity contribution >= 4 is 5.97 Å². The van der Waals surface area contributed by atoms with Crippen LogP contribution in [0.5, 0.6) is 0 Å². The lowest BCUT2D eigenvalue weighted by Crippen LogP contribution is -2.54. The van der Waals surface area contributed by atoms with Crippen LogP contribution in [0.15, 0.2) is 42.9 Å². The third-order valence-corrected chi connectivity index (χ3v) is 6.23. The normalized spacial score (nSPS) is 29.8. The number of hydrogen-bond donors (Lipinski definition) is 1. The molecule has 0 radical (unpaired) electrons. The lowest BCUT2D eigenvalue weighted by atomic mass is 9.70. The van der Waals surface area contributed by atoms with Gasteiger partial charge in [-0.05, 0) is 30.7 Å². The molecule has 3 unspecified atom stereocenters. The third kappa shape index (κ3) is 2.98. The maximum Gasteiger partial charge on any atom is 0.312 e. The zero-order valence-electron chi connectivity index (χ0n) is 15.1. The molecule has 2 spiro atoms. The minimum absolute atomic E-state index is 0.0309. The monoisotopic (exact) mass is 358 g/mol. The third-order valence-electron chi connectivity index (χ3n) is 6.23. The highest BCUT2D eigenvalue weighted by molar-refractivity contribution is 5.76. The summed E-state index contributed by atoms with van der Waals surface area (Å²) in [6.45, 7) is 2.05. The van der Waals surface area contributed by atoms with E-state index in [9.17, 15) is 9.90 Å². The summed E-state index contributed by atoms with van der Waals surface area (Å²) in [4.78, 5) is 12.9. The Morgan fingerprint density at radius 1 is 1.12 bits per heavy atom. The molecule has 5 nitrogen and oxygen atoms in total. The van der Waals surface area contributed by atoms with Crippen molar-refractivity contribution in [1.82, 2.24) is 0 Å². The lowest BCUT2D eigenvalue weighted by Gasteiger charge is -2.48. The van der Waals surface area contributed by atoms with E-state index in [-0.39, 0.29) is 11.9 Å². The van der Waals surface area contributed by atoms with Crippen LogP contribution in [0.3, 0.4) is 0 Å². The molecule has 0 bridgehead atoms. The fraction of sp³-hybridized carbons (Fsp3) is 0.571. The maximum absolute atomic E-state index is 12.9. The molecule has 4 rings (SSSR count). The molecule has 1 N–H and O–H groups in total. The predicted molar refractivity (Wildman–Crippen MR) is 94.9 cm³/mol. The van der Waals surface area contributed by atoms with E-state index in [1.165, 1.54) is 0 Å². The molecule has 3 aliphatic rings. The summed E-state index contributed by atoms with van der Waals surface area (Å²) in [5, 5.41) is 10.9. The first-order valence-electron chi connectivity index (χ1n) is 9.53. The van der Waals surface area contributed by atoms with Gasteiger partial charge in [0.15, 0.2) is 0 Å². The van der Waals surface area contributed by atoms with Gasteiger partial charge in [-0.3, -0.25) is 4.79 Å². The first kappa shape index (κ1) is 17.4. The highest BCUT2D eigenvalue weighted by Gasteiger charge is 2.54. The number of ether oxygens (including phenoxy) is 3. The minimum Gasteiger partial charge on any atom is -0.459 e. The summed E-state index contributed by atoms with van der Waals surface area (Å²) in [7, 11) is 0. The Kier molecular flexibility index (Phi) is 4.43. The lowest BCUT2D eigenvalue weighted by molar-refractivity contribution is -0.225. The molecule has 1 aromatic rings. The summed E-state index contributed by atoms with van der Waals surface area (Å²) in [5.41, 5.74) is 0.482. The SMILES string of the molecule is CCC(c1ccccc1)C1C(=O)OC2(CCC3(CC2)OC=CO3)CC1O. The van der Waals surface area contributed by atoms with Crippen LogP contribution in [0.25, 0.3) is 0 Å². The summed E-state index contributed by atoms with van der Waals surface area (Å²) in [6.07, 6.45) is 6.31. The summed E-state index contributed by atoms with van der Waals surface area (Å²) < 4.78 is 17.2. The Morgan fingerprint density at radius 3 is 2.35 bits per heavy atom. The fourth-order valence-corrected chi connectivity index (χ4v) is 4.78. The number of carbonyl (C=O) groups excluding carboxylic acids is 1. The summed E-state index contributed by atoms with van der Waals surface area (Å²) in [6, 6.07) is 9.93. The van der Waals surface area contributed by atoms with Crippen LogP contribution in [-0.2, 0) is 19.0 Å². The first-order chi connectivity index (χ1) is 12.6. The molecule has 1 aliphatic carbocycles. The molecule has 3 atom stereocenters. The molecule has 1 aromatic carbocycles. The molecule has 1 saturated carbocycles. The van der Waals surface area contributed by atoms with E-state index in [1.807, 2.05) is 37.3 Å². The van der Waals surface area contributed by atoms with Gasteiger partial charge in [-0.2, -0.15) is 0 Å². The highest BCUT2D eigenvalue weighted by atomic mass is 16.7. The van der Waals surface area contributed by atoms with Gasteiger partial charge in [0.2, 0.25) is 5.79 Å². The van der Waals surface area contributed by atoms with Gasteiger partial charge in [0.05, 0.1) is 12.0 Å². The summed E-state index contributed by atoms with van der Waals surface area (Å²) in [5.74, 6) is -1.42. The molecular weight excluding hydrogens is 332 g/mol. The van der Waals surface area contributed by atoms with Crippen LogP contribution in [0.4, 0.5) is 0 Å². The molecule has 0 amide bonds. The second kappa shape index (κ2) is 6.62. The fourth-order valence-electron chi connectivity index (χ4n) is 4.78. The number of esters is 1. The Labute approximate surface area is 153 Å². The molecule has 26 heavy (non-hydrogen) atoms. The number of carbonyl (C=O) groups is 1. The van der Waals surface area contributed by atoms with E-state index < -0.39 is 23.4 Å². The average Bonchev–Trinajstić information content (AvgIpc) is 3.11. The second-order valence-electron chi connectivity index (χ2n) is 7.75. The Bertz CT molecular complexity index is 665. The number of hydrogen-bond acceptors (Lipinski definition) is 5. The van der Waals surface area contributed by atoms with E-state index in [1.54, 1.807) is 12.5 Å². The minimum atomic E-state index is -0.695. The molecule has 2 aliphatic heterocycles. The van der Waals surface area contributed by atoms with Gasteiger partial charge < -0.3 is 19.3 Å². The Morgan fingerprint density at radius 2 is 1.77 bits per heavy atom. The number of benzene rings is 1. The van der Waals surface area contributed by atoms with Crippen LogP contribution in [0.1, 0.15) is 56.9 Å². The smallest absolute Gasteiger partial charge is 0.312 e. The van der Waals surface area contributed by atoms with Crippen molar-refractivity contribution in [3.8, 4) is 0 Å². The van der Waals surface area contributed by atoms with Crippen molar-refractivity contribution in [2.24, 2.45) is 5.92 Å². The largest absolute Gasteiger partial charge is 0.459 e. The number of rotatable bonds is 3. The van der Waals surface area contributed by atoms with Crippen molar-refractivity contribution in [2.45, 2.75) is 68.9 Å². The molecule has 2 heterocycles. The van der Waals surface area contributed by atoms with Crippen molar-refractivity contribution in [2.75, 3.05) is 0 Å². The van der Waals surface area contributed by atoms with Gasteiger partial charge in [0.25, 0.3) is 0 Å². The topological polar surface area (TPSA) is 65.0 Å². The van der Waals surface area contributed by atoms with E-state index in [0.29, 0.717) is 32.1 Å².